The second kappa shape index (κ2) is 5.94. The summed E-state index contributed by atoms with van der Waals surface area (Å²) >= 11 is 0. The molecule has 0 aromatic heterocycles. The normalized spacial score (nSPS) is 19.9. The Morgan fingerprint density at radius 1 is 1.53 bits per heavy atom. The van der Waals surface area contributed by atoms with Gasteiger partial charge in [-0.05, 0) is 44.5 Å². The minimum Gasteiger partial charge on any atom is -0.298 e. The lowest BCUT2D eigenvalue weighted by molar-refractivity contribution is -0.123. The zero-order chi connectivity index (χ0) is 13.8. The maximum atomic E-state index is 13.8. The van der Waals surface area contributed by atoms with Gasteiger partial charge in [-0.25, -0.2) is 4.39 Å². The Labute approximate surface area is 112 Å². The number of nitriles is 1. The standard InChI is InChI=1S/C15H17FN2O/c1-11(19)15-4-2-3-7-18(15)10-13-8-12(9-17)5-6-14(13)16/h5-6,8,15H,2-4,7,10H2,1H3. The van der Waals surface area contributed by atoms with Gasteiger partial charge < -0.3 is 0 Å². The number of ketones is 1. The van der Waals surface area contributed by atoms with Crippen LogP contribution >= 0.6 is 0 Å². The van der Waals surface area contributed by atoms with Crippen molar-refractivity contribution in [3.8, 4) is 6.07 Å². The molecule has 0 N–H and O–H groups in total. The van der Waals surface area contributed by atoms with Gasteiger partial charge in [-0.2, -0.15) is 5.26 Å². The van der Waals surface area contributed by atoms with Gasteiger partial charge >= 0.3 is 0 Å². The van der Waals surface area contributed by atoms with Crippen LogP contribution < -0.4 is 0 Å². The Hall–Kier alpha value is -1.73. The number of carbonyl (C=O) groups is 1. The summed E-state index contributed by atoms with van der Waals surface area (Å²) < 4.78 is 13.8. The molecule has 0 amide bonds. The molecule has 0 spiro atoms. The fourth-order valence-electron chi connectivity index (χ4n) is 2.62. The first-order chi connectivity index (χ1) is 9.11. The van der Waals surface area contributed by atoms with Crippen molar-refractivity contribution in [1.82, 2.24) is 4.90 Å². The molecular weight excluding hydrogens is 243 g/mol. The predicted molar refractivity (Wildman–Crippen MR) is 69.8 cm³/mol. The number of piperidine rings is 1. The first-order valence-electron chi connectivity index (χ1n) is 6.55. The number of hydrogen-bond donors (Lipinski definition) is 0. The number of Topliss-reactive ketones (excluding diaryl/α,β-unsaturated/α-hetero) is 1. The summed E-state index contributed by atoms with van der Waals surface area (Å²) in [5.74, 6) is -0.177. The van der Waals surface area contributed by atoms with E-state index in [-0.39, 0.29) is 17.6 Å². The number of carbonyl (C=O) groups excluding carboxylic acids is 1. The van der Waals surface area contributed by atoms with Gasteiger partial charge in [-0.1, -0.05) is 6.42 Å². The van der Waals surface area contributed by atoms with Gasteiger partial charge in [-0.3, -0.25) is 9.69 Å². The van der Waals surface area contributed by atoms with E-state index < -0.39 is 0 Å². The summed E-state index contributed by atoms with van der Waals surface area (Å²) in [5, 5.41) is 8.86. The number of hydrogen-bond acceptors (Lipinski definition) is 3. The molecule has 4 heteroatoms. The Kier molecular flexibility index (Phi) is 4.28. The highest BCUT2D eigenvalue weighted by molar-refractivity contribution is 5.81. The van der Waals surface area contributed by atoms with Crippen molar-refractivity contribution in [3.63, 3.8) is 0 Å². The zero-order valence-corrected chi connectivity index (χ0v) is 11.0. The van der Waals surface area contributed by atoms with Crippen LogP contribution in [0.2, 0.25) is 0 Å². The molecule has 0 radical (unpaired) electrons. The van der Waals surface area contributed by atoms with Crippen LogP contribution in [0.1, 0.15) is 37.3 Å². The van der Waals surface area contributed by atoms with E-state index in [2.05, 4.69) is 0 Å². The average Bonchev–Trinajstić information content (AvgIpc) is 2.41. The van der Waals surface area contributed by atoms with E-state index in [9.17, 15) is 9.18 Å². The largest absolute Gasteiger partial charge is 0.298 e. The maximum Gasteiger partial charge on any atom is 0.146 e. The zero-order valence-electron chi connectivity index (χ0n) is 11.0. The molecular formula is C15H17FN2O. The van der Waals surface area contributed by atoms with Crippen molar-refractivity contribution in [2.45, 2.75) is 38.8 Å². The molecule has 1 heterocycles. The van der Waals surface area contributed by atoms with Crippen LogP contribution in [0.4, 0.5) is 4.39 Å². The second-order valence-corrected chi connectivity index (χ2v) is 5.01. The Morgan fingerprint density at radius 3 is 3.00 bits per heavy atom. The first kappa shape index (κ1) is 13.7. The van der Waals surface area contributed by atoms with Crippen molar-refractivity contribution >= 4 is 5.78 Å². The van der Waals surface area contributed by atoms with E-state index in [0.717, 1.165) is 25.8 Å². The highest BCUT2D eigenvalue weighted by atomic mass is 19.1. The second-order valence-electron chi connectivity index (χ2n) is 5.01. The summed E-state index contributed by atoms with van der Waals surface area (Å²) in [5.41, 5.74) is 0.944. The third-order valence-corrected chi connectivity index (χ3v) is 3.63. The van der Waals surface area contributed by atoms with Crippen LogP contribution in [0.15, 0.2) is 18.2 Å². The Balaban J connectivity index is 2.19. The summed E-state index contributed by atoms with van der Waals surface area (Å²) in [6, 6.07) is 6.26. The van der Waals surface area contributed by atoms with Crippen molar-refractivity contribution in [2.75, 3.05) is 6.54 Å². The fraction of sp³-hybridized carbons (Fsp3) is 0.467. The third-order valence-electron chi connectivity index (χ3n) is 3.63. The third kappa shape index (κ3) is 3.18. The molecule has 1 aliphatic heterocycles. The molecule has 19 heavy (non-hydrogen) atoms. The molecule has 1 atom stereocenters. The van der Waals surface area contributed by atoms with Crippen LogP contribution in [0.3, 0.4) is 0 Å². The SMILES string of the molecule is CC(=O)C1CCCCN1Cc1cc(C#N)ccc1F. The Bertz CT molecular complexity index is 521. The molecule has 100 valence electrons. The number of nitrogens with zero attached hydrogens (tertiary/aromatic N) is 2. The van der Waals surface area contributed by atoms with E-state index in [4.69, 9.17) is 5.26 Å². The number of rotatable bonds is 3. The number of benzene rings is 1. The van der Waals surface area contributed by atoms with E-state index in [0.29, 0.717) is 17.7 Å². The van der Waals surface area contributed by atoms with Gasteiger partial charge in [0.2, 0.25) is 0 Å². The molecule has 1 aromatic rings. The highest BCUT2D eigenvalue weighted by Gasteiger charge is 2.26. The first-order valence-corrected chi connectivity index (χ1v) is 6.55. The van der Waals surface area contributed by atoms with Gasteiger partial charge in [0.1, 0.15) is 11.6 Å². The number of likely N-dealkylation sites (tertiary alicyclic amines) is 1. The van der Waals surface area contributed by atoms with Crippen molar-refractivity contribution in [2.24, 2.45) is 0 Å². The number of halogens is 1. The van der Waals surface area contributed by atoms with Crippen LogP contribution in [0.25, 0.3) is 0 Å². The molecule has 0 bridgehead atoms. The van der Waals surface area contributed by atoms with Crippen molar-refractivity contribution in [1.29, 1.82) is 5.26 Å². The van der Waals surface area contributed by atoms with Crippen LogP contribution in [-0.4, -0.2) is 23.3 Å². The quantitative estimate of drug-likeness (QED) is 0.839. The smallest absolute Gasteiger partial charge is 0.146 e. The lowest BCUT2D eigenvalue weighted by Crippen LogP contribution is -2.43. The average molecular weight is 260 g/mol. The minimum atomic E-state index is -0.313. The molecule has 3 nitrogen and oxygen atoms in total. The van der Waals surface area contributed by atoms with Crippen LogP contribution in [-0.2, 0) is 11.3 Å². The highest BCUT2D eigenvalue weighted by Crippen LogP contribution is 2.22. The van der Waals surface area contributed by atoms with Crippen molar-refractivity contribution in [3.05, 3.63) is 35.1 Å². The summed E-state index contributed by atoms with van der Waals surface area (Å²) in [6.45, 7) is 2.79. The molecule has 1 fully saturated rings. The van der Waals surface area contributed by atoms with Crippen LogP contribution in [0.5, 0.6) is 0 Å². The lowest BCUT2D eigenvalue weighted by Gasteiger charge is -2.34. The molecule has 0 aliphatic carbocycles. The molecule has 1 aliphatic rings. The fourth-order valence-corrected chi connectivity index (χ4v) is 2.62. The van der Waals surface area contributed by atoms with Gasteiger partial charge in [0, 0.05) is 12.1 Å². The molecule has 0 saturated carbocycles. The molecule has 1 unspecified atom stereocenters. The minimum absolute atomic E-state index is 0.112. The van der Waals surface area contributed by atoms with E-state index in [1.54, 1.807) is 13.0 Å². The summed E-state index contributed by atoms with van der Waals surface area (Å²) in [6.07, 6.45) is 2.92. The van der Waals surface area contributed by atoms with Gasteiger partial charge in [-0.15, -0.1) is 0 Å². The van der Waals surface area contributed by atoms with E-state index in [1.165, 1.54) is 12.1 Å². The maximum absolute atomic E-state index is 13.8. The summed E-state index contributed by atoms with van der Waals surface area (Å²) in [7, 11) is 0. The lowest BCUT2D eigenvalue weighted by atomic mass is 9.98. The summed E-state index contributed by atoms with van der Waals surface area (Å²) in [4.78, 5) is 13.6. The monoisotopic (exact) mass is 260 g/mol. The van der Waals surface area contributed by atoms with Gasteiger partial charge in [0.15, 0.2) is 0 Å². The van der Waals surface area contributed by atoms with Crippen LogP contribution in [0, 0.1) is 17.1 Å². The predicted octanol–water partition coefficient (Wildman–Crippen LogP) is 2.64. The van der Waals surface area contributed by atoms with E-state index in [1.807, 2.05) is 11.0 Å². The molecule has 2 rings (SSSR count). The van der Waals surface area contributed by atoms with Gasteiger partial charge in [0.05, 0.1) is 17.7 Å². The molecule has 1 aromatic carbocycles. The molecule has 1 saturated heterocycles. The van der Waals surface area contributed by atoms with E-state index >= 15 is 0 Å². The Morgan fingerprint density at radius 2 is 2.32 bits per heavy atom. The topological polar surface area (TPSA) is 44.1 Å². The van der Waals surface area contributed by atoms with Crippen molar-refractivity contribution < 1.29 is 9.18 Å². The van der Waals surface area contributed by atoms with Gasteiger partial charge in [0.25, 0.3) is 0 Å².